The molecule has 90 valence electrons. The summed E-state index contributed by atoms with van der Waals surface area (Å²) in [4.78, 5) is 26.9. The molecule has 2 heterocycles. The van der Waals surface area contributed by atoms with Crippen molar-refractivity contribution in [2.24, 2.45) is 0 Å². The zero-order valence-electron chi connectivity index (χ0n) is 8.86. The summed E-state index contributed by atoms with van der Waals surface area (Å²) in [5.74, 6) is -0.741. The van der Waals surface area contributed by atoms with E-state index in [-0.39, 0.29) is 11.8 Å². The van der Waals surface area contributed by atoms with E-state index in [1.807, 2.05) is 0 Å². The summed E-state index contributed by atoms with van der Waals surface area (Å²) in [7, 11) is 0. The highest BCUT2D eigenvalue weighted by atomic mass is 35.5. The van der Waals surface area contributed by atoms with Crippen LogP contribution in [0.1, 0.15) is 20.7 Å². The number of halogens is 1. The van der Waals surface area contributed by atoms with Crippen molar-refractivity contribution in [1.29, 1.82) is 0 Å². The zero-order chi connectivity index (χ0) is 12.7. The van der Waals surface area contributed by atoms with Crippen molar-refractivity contribution >= 4 is 45.6 Å². The van der Waals surface area contributed by atoms with E-state index in [2.05, 4.69) is 15.6 Å². The topological polar surface area (TPSA) is 71.1 Å². The minimum Gasteiger partial charge on any atom is -0.331 e. The molecule has 1 aromatic carbocycles. The second-order valence-electron chi connectivity index (χ2n) is 3.64. The number of carbonyl (C=O) groups is 2. The van der Waals surface area contributed by atoms with Gasteiger partial charge in [0.1, 0.15) is 5.15 Å². The van der Waals surface area contributed by atoms with Crippen LogP contribution >= 0.6 is 22.9 Å². The molecule has 0 aliphatic carbocycles. The fraction of sp³-hybridized carbons (Fsp3) is 0. The molecule has 0 bridgehead atoms. The van der Waals surface area contributed by atoms with Gasteiger partial charge in [-0.15, -0.1) is 11.3 Å². The molecule has 0 atom stereocenters. The second kappa shape index (κ2) is 4.08. The van der Waals surface area contributed by atoms with Crippen molar-refractivity contribution in [2.45, 2.75) is 0 Å². The van der Waals surface area contributed by atoms with Gasteiger partial charge in [0.05, 0.1) is 11.1 Å². The lowest BCUT2D eigenvalue weighted by atomic mass is 10.1. The first-order valence-corrected chi connectivity index (χ1v) is 6.27. The number of imide groups is 1. The molecule has 1 aliphatic heterocycles. The van der Waals surface area contributed by atoms with Gasteiger partial charge in [-0.05, 0) is 18.2 Å². The van der Waals surface area contributed by atoms with Crippen LogP contribution in [0.5, 0.6) is 0 Å². The average Bonchev–Trinajstić information content (AvgIpc) is 2.85. The van der Waals surface area contributed by atoms with Crippen LogP contribution in [-0.4, -0.2) is 16.8 Å². The van der Waals surface area contributed by atoms with Gasteiger partial charge in [0.25, 0.3) is 11.8 Å². The Morgan fingerprint density at radius 1 is 1.22 bits per heavy atom. The Kier molecular flexibility index (Phi) is 2.53. The highest BCUT2D eigenvalue weighted by Crippen LogP contribution is 2.26. The van der Waals surface area contributed by atoms with Gasteiger partial charge in [-0.2, -0.15) is 0 Å². The SMILES string of the molecule is O=C1NC(=O)c2cc(Nc3nc(Cl)cs3)ccc21. The van der Waals surface area contributed by atoms with Gasteiger partial charge in [-0.3, -0.25) is 14.9 Å². The predicted molar refractivity (Wildman–Crippen MR) is 68.6 cm³/mol. The molecule has 2 N–H and O–H groups in total. The Morgan fingerprint density at radius 3 is 2.72 bits per heavy atom. The summed E-state index contributed by atoms with van der Waals surface area (Å²) >= 11 is 7.07. The lowest BCUT2D eigenvalue weighted by Gasteiger charge is -2.03. The second-order valence-corrected chi connectivity index (χ2v) is 4.89. The maximum atomic E-state index is 11.5. The zero-order valence-corrected chi connectivity index (χ0v) is 10.4. The molecule has 1 aromatic heterocycles. The number of fused-ring (bicyclic) bond motifs is 1. The largest absolute Gasteiger partial charge is 0.331 e. The Labute approximate surface area is 111 Å². The molecule has 18 heavy (non-hydrogen) atoms. The minimum absolute atomic E-state index is 0.362. The van der Waals surface area contributed by atoms with Crippen molar-refractivity contribution in [2.75, 3.05) is 5.32 Å². The van der Waals surface area contributed by atoms with Crippen LogP contribution in [-0.2, 0) is 0 Å². The number of hydrogen-bond donors (Lipinski definition) is 2. The lowest BCUT2D eigenvalue weighted by molar-refractivity contribution is 0.0879. The van der Waals surface area contributed by atoms with E-state index in [4.69, 9.17) is 11.6 Å². The minimum atomic E-state index is -0.379. The van der Waals surface area contributed by atoms with Gasteiger partial charge in [0.15, 0.2) is 5.13 Å². The fourth-order valence-corrected chi connectivity index (χ4v) is 2.54. The summed E-state index contributed by atoms with van der Waals surface area (Å²) in [5, 5.41) is 8.00. The van der Waals surface area contributed by atoms with Gasteiger partial charge in [-0.25, -0.2) is 4.98 Å². The van der Waals surface area contributed by atoms with Gasteiger partial charge in [-0.1, -0.05) is 11.6 Å². The van der Waals surface area contributed by atoms with Crippen molar-refractivity contribution < 1.29 is 9.59 Å². The van der Waals surface area contributed by atoms with Crippen molar-refractivity contribution in [3.05, 3.63) is 39.9 Å². The maximum absolute atomic E-state index is 11.5. The van der Waals surface area contributed by atoms with E-state index in [1.54, 1.807) is 23.6 Å². The van der Waals surface area contributed by atoms with E-state index in [1.165, 1.54) is 11.3 Å². The molecule has 1 aliphatic rings. The third-order valence-corrected chi connectivity index (χ3v) is 3.54. The van der Waals surface area contributed by atoms with E-state index in [0.717, 1.165) is 0 Å². The number of anilines is 2. The lowest BCUT2D eigenvalue weighted by Crippen LogP contribution is -2.19. The van der Waals surface area contributed by atoms with Crippen LogP contribution in [0.25, 0.3) is 0 Å². The average molecular weight is 280 g/mol. The van der Waals surface area contributed by atoms with E-state index < -0.39 is 0 Å². The Bertz CT molecular complexity index is 668. The van der Waals surface area contributed by atoms with Gasteiger partial charge in [0, 0.05) is 11.1 Å². The van der Waals surface area contributed by atoms with Crippen molar-refractivity contribution in [3.63, 3.8) is 0 Å². The van der Waals surface area contributed by atoms with Crippen LogP contribution in [0, 0.1) is 0 Å². The summed E-state index contributed by atoms with van der Waals surface area (Å²) in [6.45, 7) is 0. The van der Waals surface area contributed by atoms with Crippen LogP contribution in [0.2, 0.25) is 5.15 Å². The summed E-state index contributed by atoms with van der Waals surface area (Å²) in [6, 6.07) is 4.93. The number of rotatable bonds is 2. The fourth-order valence-electron chi connectivity index (χ4n) is 1.68. The van der Waals surface area contributed by atoms with Crippen molar-refractivity contribution in [3.8, 4) is 0 Å². The number of hydrogen-bond acceptors (Lipinski definition) is 5. The van der Waals surface area contributed by atoms with Crippen LogP contribution in [0.15, 0.2) is 23.6 Å². The Morgan fingerprint density at radius 2 is 2.00 bits per heavy atom. The third kappa shape index (κ3) is 1.85. The molecule has 5 nitrogen and oxygen atoms in total. The monoisotopic (exact) mass is 279 g/mol. The molecule has 0 unspecified atom stereocenters. The summed E-state index contributed by atoms with van der Waals surface area (Å²) < 4.78 is 0. The molecule has 0 spiro atoms. The first-order valence-electron chi connectivity index (χ1n) is 5.01. The molecular formula is C11H6ClN3O2S. The number of amides is 2. The summed E-state index contributed by atoms with van der Waals surface area (Å²) in [5.41, 5.74) is 1.44. The number of nitrogens with zero attached hydrogens (tertiary/aromatic N) is 1. The molecular weight excluding hydrogens is 274 g/mol. The van der Waals surface area contributed by atoms with E-state index >= 15 is 0 Å². The molecule has 0 saturated heterocycles. The summed E-state index contributed by atoms with van der Waals surface area (Å²) in [6.07, 6.45) is 0. The van der Waals surface area contributed by atoms with Gasteiger partial charge >= 0.3 is 0 Å². The third-order valence-electron chi connectivity index (χ3n) is 2.46. The Balaban J connectivity index is 1.93. The first kappa shape index (κ1) is 11.2. The molecule has 2 aromatic rings. The Hall–Kier alpha value is -1.92. The number of thiazole rings is 1. The van der Waals surface area contributed by atoms with Crippen LogP contribution in [0.4, 0.5) is 10.8 Å². The normalized spacial score (nSPS) is 13.4. The van der Waals surface area contributed by atoms with Crippen LogP contribution < -0.4 is 10.6 Å². The van der Waals surface area contributed by atoms with Crippen LogP contribution in [0.3, 0.4) is 0 Å². The molecule has 7 heteroatoms. The van der Waals surface area contributed by atoms with E-state index in [0.29, 0.717) is 27.1 Å². The van der Waals surface area contributed by atoms with Gasteiger partial charge in [0.2, 0.25) is 0 Å². The number of carbonyl (C=O) groups excluding carboxylic acids is 2. The van der Waals surface area contributed by atoms with E-state index in [9.17, 15) is 9.59 Å². The quantitative estimate of drug-likeness (QED) is 0.828. The molecule has 0 saturated carbocycles. The molecule has 0 radical (unpaired) electrons. The molecule has 3 rings (SSSR count). The van der Waals surface area contributed by atoms with Gasteiger partial charge < -0.3 is 5.32 Å². The highest BCUT2D eigenvalue weighted by molar-refractivity contribution is 7.14. The number of nitrogens with one attached hydrogen (secondary N) is 2. The first-order chi connectivity index (χ1) is 8.63. The molecule has 0 fully saturated rings. The standard InChI is InChI=1S/C11H6ClN3O2S/c12-8-4-18-11(14-8)13-5-1-2-6-7(3-5)10(17)15-9(6)16/h1-4H,(H,13,14)(H,15,16,17). The number of benzene rings is 1. The molecule has 2 amide bonds. The smallest absolute Gasteiger partial charge is 0.259 e. The predicted octanol–water partition coefficient (Wildman–Crippen LogP) is 2.42. The van der Waals surface area contributed by atoms with Crippen molar-refractivity contribution in [1.82, 2.24) is 10.3 Å². The highest BCUT2D eigenvalue weighted by Gasteiger charge is 2.26. The number of aromatic nitrogens is 1. The maximum Gasteiger partial charge on any atom is 0.259 e.